The molecule has 0 bridgehead atoms. The number of ether oxygens (including phenoxy) is 2. The van der Waals surface area contributed by atoms with Gasteiger partial charge in [-0.25, -0.2) is 0 Å². The quantitative estimate of drug-likeness (QED) is 0.801. The number of pyridine rings is 1. The van der Waals surface area contributed by atoms with Crippen LogP contribution < -0.4 is 15.2 Å². The van der Waals surface area contributed by atoms with Crippen molar-refractivity contribution in [2.45, 2.75) is 6.54 Å². The van der Waals surface area contributed by atoms with E-state index in [9.17, 15) is 0 Å². The molecule has 0 saturated heterocycles. The van der Waals surface area contributed by atoms with E-state index in [1.54, 1.807) is 20.4 Å². The van der Waals surface area contributed by atoms with Crippen LogP contribution in [0.25, 0.3) is 22.0 Å². The molecule has 0 fully saturated rings. The summed E-state index contributed by atoms with van der Waals surface area (Å²) in [5.74, 6) is 1.37. The lowest BCUT2D eigenvalue weighted by molar-refractivity contribution is 0.356. The van der Waals surface area contributed by atoms with E-state index in [-0.39, 0.29) is 0 Å². The number of methoxy groups -OCH3 is 2. The fourth-order valence-electron chi connectivity index (χ4n) is 2.66. The van der Waals surface area contributed by atoms with Crippen molar-refractivity contribution in [2.24, 2.45) is 5.73 Å². The molecule has 1 aromatic heterocycles. The van der Waals surface area contributed by atoms with E-state index in [1.807, 2.05) is 42.5 Å². The van der Waals surface area contributed by atoms with Gasteiger partial charge >= 0.3 is 0 Å². The second-order valence-electron chi connectivity index (χ2n) is 4.96. The minimum Gasteiger partial charge on any atom is -0.493 e. The van der Waals surface area contributed by atoms with E-state index in [0.29, 0.717) is 18.0 Å². The Morgan fingerprint density at radius 2 is 1.82 bits per heavy atom. The standard InChI is InChI=1S/C18H18N2O2/c1-21-16-10-12(11-19)9-15(18(16)22-2)14-7-3-5-13-6-4-8-20-17(13)14/h3-10H,11,19H2,1-2H3. The van der Waals surface area contributed by atoms with Crippen molar-refractivity contribution in [3.63, 3.8) is 0 Å². The van der Waals surface area contributed by atoms with Gasteiger partial charge in [-0.3, -0.25) is 4.98 Å². The lowest BCUT2D eigenvalue weighted by Gasteiger charge is -2.16. The van der Waals surface area contributed by atoms with Gasteiger partial charge in [0.2, 0.25) is 0 Å². The highest BCUT2D eigenvalue weighted by Gasteiger charge is 2.16. The van der Waals surface area contributed by atoms with Crippen molar-refractivity contribution in [3.8, 4) is 22.6 Å². The van der Waals surface area contributed by atoms with Gasteiger partial charge in [-0.15, -0.1) is 0 Å². The second-order valence-corrected chi connectivity index (χ2v) is 4.96. The fraction of sp³-hybridized carbons (Fsp3) is 0.167. The zero-order chi connectivity index (χ0) is 15.5. The van der Waals surface area contributed by atoms with Gasteiger partial charge in [0.15, 0.2) is 11.5 Å². The summed E-state index contributed by atoms with van der Waals surface area (Å²) in [5, 5.41) is 1.08. The molecule has 0 aliphatic rings. The first kappa shape index (κ1) is 14.4. The van der Waals surface area contributed by atoms with Crippen LogP contribution in [0.3, 0.4) is 0 Å². The van der Waals surface area contributed by atoms with Crippen LogP contribution in [-0.2, 0) is 6.54 Å². The van der Waals surface area contributed by atoms with E-state index < -0.39 is 0 Å². The van der Waals surface area contributed by atoms with E-state index >= 15 is 0 Å². The average molecular weight is 294 g/mol. The van der Waals surface area contributed by atoms with Crippen LogP contribution in [-0.4, -0.2) is 19.2 Å². The molecular weight excluding hydrogens is 276 g/mol. The van der Waals surface area contributed by atoms with Crippen LogP contribution >= 0.6 is 0 Å². The third-order valence-corrected chi connectivity index (χ3v) is 3.70. The van der Waals surface area contributed by atoms with Crippen molar-refractivity contribution in [1.29, 1.82) is 0 Å². The Labute approximate surface area is 129 Å². The molecule has 0 aliphatic carbocycles. The summed E-state index contributed by atoms with van der Waals surface area (Å²) in [4.78, 5) is 4.52. The van der Waals surface area contributed by atoms with Gasteiger partial charge < -0.3 is 15.2 Å². The minimum absolute atomic E-state index is 0.436. The summed E-state index contributed by atoms with van der Waals surface area (Å²) in [7, 11) is 3.27. The van der Waals surface area contributed by atoms with Crippen LogP contribution in [0.5, 0.6) is 11.5 Å². The zero-order valence-electron chi connectivity index (χ0n) is 12.7. The molecule has 1 heterocycles. The third-order valence-electron chi connectivity index (χ3n) is 3.70. The largest absolute Gasteiger partial charge is 0.493 e. The van der Waals surface area contributed by atoms with Crippen molar-refractivity contribution in [1.82, 2.24) is 4.98 Å². The number of hydrogen-bond acceptors (Lipinski definition) is 4. The topological polar surface area (TPSA) is 57.4 Å². The van der Waals surface area contributed by atoms with Crippen LogP contribution in [0.2, 0.25) is 0 Å². The van der Waals surface area contributed by atoms with E-state index in [1.165, 1.54) is 0 Å². The summed E-state index contributed by atoms with van der Waals surface area (Å²) in [6.45, 7) is 0.436. The molecule has 4 nitrogen and oxygen atoms in total. The number of nitrogens with two attached hydrogens (primary N) is 1. The molecule has 2 N–H and O–H groups in total. The van der Waals surface area contributed by atoms with Gasteiger partial charge in [0.05, 0.1) is 19.7 Å². The van der Waals surface area contributed by atoms with Gasteiger partial charge in [0.1, 0.15) is 0 Å². The Morgan fingerprint density at radius 3 is 2.55 bits per heavy atom. The van der Waals surface area contributed by atoms with Gasteiger partial charge in [-0.05, 0) is 23.8 Å². The SMILES string of the molecule is COc1cc(CN)cc(-c2cccc3cccnc23)c1OC. The maximum Gasteiger partial charge on any atom is 0.168 e. The first-order valence-electron chi connectivity index (χ1n) is 7.07. The van der Waals surface area contributed by atoms with Crippen LogP contribution in [0.4, 0.5) is 0 Å². The highest BCUT2D eigenvalue weighted by molar-refractivity contribution is 5.95. The third kappa shape index (κ3) is 2.38. The van der Waals surface area contributed by atoms with Crippen LogP contribution in [0, 0.1) is 0 Å². The van der Waals surface area contributed by atoms with Gasteiger partial charge in [-0.2, -0.15) is 0 Å². The Hall–Kier alpha value is -2.59. The number of rotatable bonds is 4. The molecule has 0 amide bonds. The number of fused-ring (bicyclic) bond motifs is 1. The molecule has 22 heavy (non-hydrogen) atoms. The molecule has 2 aromatic carbocycles. The predicted molar refractivity (Wildman–Crippen MR) is 88.2 cm³/mol. The van der Waals surface area contributed by atoms with Crippen molar-refractivity contribution >= 4 is 10.9 Å². The van der Waals surface area contributed by atoms with Crippen molar-refractivity contribution in [2.75, 3.05) is 14.2 Å². The number of benzene rings is 2. The van der Waals surface area contributed by atoms with E-state index in [0.717, 1.165) is 27.6 Å². The smallest absolute Gasteiger partial charge is 0.168 e. The normalized spacial score (nSPS) is 10.7. The number of hydrogen-bond donors (Lipinski definition) is 1. The first-order valence-corrected chi connectivity index (χ1v) is 7.07. The Balaban J connectivity index is 2.34. The summed E-state index contributed by atoms with van der Waals surface area (Å²) in [6, 6.07) is 14.0. The van der Waals surface area contributed by atoms with Crippen molar-refractivity contribution in [3.05, 3.63) is 54.2 Å². The lowest BCUT2D eigenvalue weighted by Crippen LogP contribution is -2.00. The Bertz CT molecular complexity index is 810. The summed E-state index contributed by atoms with van der Waals surface area (Å²) in [5.41, 5.74) is 9.67. The Morgan fingerprint density at radius 1 is 1.00 bits per heavy atom. The fourth-order valence-corrected chi connectivity index (χ4v) is 2.66. The number of aromatic nitrogens is 1. The summed E-state index contributed by atoms with van der Waals surface area (Å²) < 4.78 is 11.0. The highest BCUT2D eigenvalue weighted by atomic mass is 16.5. The molecule has 0 saturated carbocycles. The maximum atomic E-state index is 5.81. The summed E-state index contributed by atoms with van der Waals surface area (Å²) >= 11 is 0. The molecule has 112 valence electrons. The zero-order valence-corrected chi connectivity index (χ0v) is 12.7. The van der Waals surface area contributed by atoms with E-state index in [4.69, 9.17) is 15.2 Å². The second kappa shape index (κ2) is 6.03. The molecule has 0 unspecified atom stereocenters. The molecule has 0 aliphatic heterocycles. The average Bonchev–Trinajstić information content (AvgIpc) is 2.59. The van der Waals surface area contributed by atoms with Crippen LogP contribution in [0.1, 0.15) is 5.56 Å². The Kier molecular flexibility index (Phi) is 3.94. The molecular formula is C18H18N2O2. The molecule has 3 rings (SSSR count). The van der Waals surface area contributed by atoms with Crippen LogP contribution in [0.15, 0.2) is 48.7 Å². The lowest BCUT2D eigenvalue weighted by atomic mass is 9.98. The highest BCUT2D eigenvalue weighted by Crippen LogP contribution is 2.41. The first-order chi connectivity index (χ1) is 10.8. The number of para-hydroxylation sites is 1. The monoisotopic (exact) mass is 294 g/mol. The van der Waals surface area contributed by atoms with Gasteiger partial charge in [0.25, 0.3) is 0 Å². The number of nitrogens with zero attached hydrogens (tertiary/aromatic N) is 1. The molecule has 0 atom stereocenters. The maximum absolute atomic E-state index is 5.81. The van der Waals surface area contributed by atoms with Gasteiger partial charge in [0, 0.05) is 29.3 Å². The molecule has 4 heteroatoms. The molecule has 3 aromatic rings. The van der Waals surface area contributed by atoms with E-state index in [2.05, 4.69) is 4.98 Å². The predicted octanol–water partition coefficient (Wildman–Crippen LogP) is 3.38. The molecule has 0 radical (unpaired) electrons. The summed E-state index contributed by atoms with van der Waals surface area (Å²) in [6.07, 6.45) is 1.79. The molecule has 0 spiro atoms. The van der Waals surface area contributed by atoms with Gasteiger partial charge in [-0.1, -0.05) is 24.3 Å². The minimum atomic E-state index is 0.436. The van der Waals surface area contributed by atoms with Crippen molar-refractivity contribution < 1.29 is 9.47 Å².